The van der Waals surface area contributed by atoms with Crippen molar-refractivity contribution in [3.63, 3.8) is 0 Å². The number of rotatable bonds is 11. The van der Waals surface area contributed by atoms with Crippen LogP contribution >= 0.6 is 0 Å². The molecule has 2 aromatic carbocycles. The predicted molar refractivity (Wildman–Crippen MR) is 149 cm³/mol. The molecule has 0 saturated heterocycles. The second-order valence-electron chi connectivity index (χ2n) is 10.0. The number of nitrogens with zero attached hydrogens (tertiary/aromatic N) is 5. The summed E-state index contributed by atoms with van der Waals surface area (Å²) in [6.45, 7) is 7.56. The number of aryl methyl sites for hydroxylation is 1. The summed E-state index contributed by atoms with van der Waals surface area (Å²) in [7, 11) is -3.33. The molecule has 0 spiro atoms. The maximum Gasteiger partial charge on any atom is 0.435 e. The fourth-order valence-electron chi connectivity index (χ4n) is 3.49. The number of likely N-dealkylation sites (N-methyl/N-ethyl adjacent to an activating group) is 1. The van der Waals surface area contributed by atoms with Gasteiger partial charge in [0.25, 0.3) is 22.2 Å². The SMILES string of the molecule is Cc1ccc(-c2cc(C(F)(F)F)nn2-c2ccc(S(=O)(=O)NC(=O)[C@H](C)N(C)/[N+]([O-])=N/OC(C)OC(=O)C(C)C)cc2)cc1. The molecule has 1 heterocycles. The Bertz CT molecular complexity index is 1620. The van der Waals surface area contributed by atoms with Crippen molar-refractivity contribution in [1.82, 2.24) is 19.5 Å². The Morgan fingerprint density at radius 1 is 1.07 bits per heavy atom. The van der Waals surface area contributed by atoms with Crippen LogP contribution in [0, 0.1) is 18.0 Å². The lowest BCUT2D eigenvalue weighted by atomic mass is 10.1. The number of esters is 1. The monoisotopic (exact) mass is 640 g/mol. The molecule has 0 radical (unpaired) electrons. The highest BCUT2D eigenvalue weighted by molar-refractivity contribution is 7.90. The van der Waals surface area contributed by atoms with Crippen LogP contribution < -0.4 is 4.72 Å². The van der Waals surface area contributed by atoms with Gasteiger partial charge in [0.15, 0.2) is 11.7 Å². The van der Waals surface area contributed by atoms with Gasteiger partial charge in [0.2, 0.25) is 5.28 Å². The van der Waals surface area contributed by atoms with Crippen LogP contribution in [0.3, 0.4) is 0 Å². The average Bonchev–Trinajstić information content (AvgIpc) is 3.41. The zero-order valence-corrected chi connectivity index (χ0v) is 25.4. The highest BCUT2D eigenvalue weighted by atomic mass is 32.2. The predicted octanol–water partition coefficient (Wildman–Crippen LogP) is 4.35. The molecule has 1 unspecified atom stereocenters. The van der Waals surface area contributed by atoms with Crippen LogP contribution in [0.15, 0.2) is 64.8 Å². The number of hydrogen-bond donors (Lipinski definition) is 1. The number of aromatic nitrogens is 2. The van der Waals surface area contributed by atoms with E-state index in [1.165, 1.54) is 26.0 Å². The molecule has 44 heavy (non-hydrogen) atoms. The Balaban J connectivity index is 1.76. The number of carbonyl (C=O) groups excluding carboxylic acids is 2. The molecule has 1 amide bonds. The van der Waals surface area contributed by atoms with Crippen molar-refractivity contribution in [2.24, 2.45) is 11.2 Å². The molecule has 1 N–H and O–H groups in total. The van der Waals surface area contributed by atoms with Crippen LogP contribution in [0.2, 0.25) is 0 Å². The van der Waals surface area contributed by atoms with Gasteiger partial charge in [-0.15, -0.1) is 5.01 Å². The standard InChI is InChI=1S/C27H31F3N6O7S/c1-16(2)26(38)42-19(5)43-33-36(39)34(6)18(4)25(37)32-44(40,41)22-13-11-21(12-14-22)35-23(15-24(31-35)27(28,29)30)20-9-7-17(3)8-10-20/h7-16,18-19H,1-6H3,(H,32,37)/b36-33-/t18-,19?/m0/s1. The normalized spacial score (nSPS) is 13.7. The fourth-order valence-corrected chi connectivity index (χ4v) is 4.54. The molecule has 0 saturated carbocycles. The maximum absolute atomic E-state index is 13.5. The van der Waals surface area contributed by atoms with E-state index < -0.39 is 52.0 Å². The number of halogens is 3. The molecular weight excluding hydrogens is 609 g/mol. The molecule has 1 aromatic heterocycles. The second kappa shape index (κ2) is 13.3. The lowest BCUT2D eigenvalue weighted by Gasteiger charge is -2.20. The number of ether oxygens (including phenoxy) is 1. The minimum absolute atomic E-state index is 0.127. The van der Waals surface area contributed by atoms with Crippen LogP contribution in [0.25, 0.3) is 16.9 Å². The summed E-state index contributed by atoms with van der Waals surface area (Å²) in [6.07, 6.45) is -5.93. The quantitative estimate of drug-likeness (QED) is 0.106. The van der Waals surface area contributed by atoms with Gasteiger partial charge in [-0.1, -0.05) is 43.7 Å². The first-order chi connectivity index (χ1) is 20.4. The van der Waals surface area contributed by atoms with E-state index in [4.69, 9.17) is 9.57 Å². The lowest BCUT2D eigenvalue weighted by Crippen LogP contribution is -2.47. The molecule has 0 aliphatic carbocycles. The number of hydrogen-bond acceptors (Lipinski definition) is 9. The number of carbonyl (C=O) groups is 2. The van der Waals surface area contributed by atoms with E-state index in [1.807, 2.05) is 11.6 Å². The molecule has 238 valence electrons. The van der Waals surface area contributed by atoms with Crippen molar-refractivity contribution >= 4 is 21.9 Å². The Hall–Kier alpha value is -4.67. The molecule has 0 fully saturated rings. The number of amides is 1. The van der Waals surface area contributed by atoms with E-state index in [-0.39, 0.29) is 21.2 Å². The van der Waals surface area contributed by atoms with E-state index in [0.29, 0.717) is 10.6 Å². The molecular formula is C27H31F3N6O7S. The van der Waals surface area contributed by atoms with Crippen molar-refractivity contribution in [1.29, 1.82) is 0 Å². The van der Waals surface area contributed by atoms with Gasteiger partial charge >= 0.3 is 12.1 Å². The fraction of sp³-hybridized carbons (Fsp3) is 0.370. The summed E-state index contributed by atoms with van der Waals surface area (Å²) in [5, 5.41) is 19.8. The van der Waals surface area contributed by atoms with Gasteiger partial charge in [0.05, 0.1) is 34.2 Å². The van der Waals surface area contributed by atoms with Gasteiger partial charge in [-0.2, -0.15) is 18.3 Å². The van der Waals surface area contributed by atoms with Crippen molar-refractivity contribution < 1.29 is 45.7 Å². The zero-order valence-electron chi connectivity index (χ0n) is 24.6. The Kier molecular flexibility index (Phi) is 10.2. The first-order valence-corrected chi connectivity index (χ1v) is 14.6. The number of hydrazine groups is 1. The van der Waals surface area contributed by atoms with E-state index >= 15 is 0 Å². The summed E-state index contributed by atoms with van der Waals surface area (Å²) in [5.74, 6) is -2.14. The topological polar surface area (TPSA) is 158 Å². The van der Waals surface area contributed by atoms with Crippen LogP contribution in [-0.2, 0) is 35.4 Å². The summed E-state index contributed by atoms with van der Waals surface area (Å²) < 4.78 is 74.1. The summed E-state index contributed by atoms with van der Waals surface area (Å²) in [5.41, 5.74) is 0.480. The number of benzene rings is 2. The van der Waals surface area contributed by atoms with Gasteiger partial charge in [-0.05, 0) is 44.2 Å². The molecule has 3 aromatic rings. The third kappa shape index (κ3) is 8.24. The lowest BCUT2D eigenvalue weighted by molar-refractivity contribution is -0.711. The molecule has 0 bridgehead atoms. The highest BCUT2D eigenvalue weighted by Gasteiger charge is 2.35. The maximum atomic E-state index is 13.5. The molecule has 0 aliphatic rings. The number of nitrogens with one attached hydrogen (secondary N) is 1. The summed E-state index contributed by atoms with van der Waals surface area (Å²) in [4.78, 5) is 28.6. The first-order valence-electron chi connectivity index (χ1n) is 13.1. The van der Waals surface area contributed by atoms with Gasteiger partial charge < -0.3 is 9.94 Å². The second-order valence-corrected chi connectivity index (χ2v) is 11.7. The van der Waals surface area contributed by atoms with Crippen molar-refractivity contribution in [2.45, 2.75) is 58.0 Å². The van der Waals surface area contributed by atoms with Crippen molar-refractivity contribution in [3.05, 3.63) is 71.1 Å². The third-order valence-electron chi connectivity index (χ3n) is 6.20. The van der Waals surface area contributed by atoms with E-state index in [0.717, 1.165) is 35.5 Å². The van der Waals surface area contributed by atoms with Crippen molar-refractivity contribution in [3.8, 4) is 16.9 Å². The first kappa shape index (κ1) is 33.8. The van der Waals surface area contributed by atoms with E-state index in [9.17, 15) is 36.4 Å². The molecule has 0 aliphatic heterocycles. The Labute approximate surface area is 251 Å². The van der Waals surface area contributed by atoms with Crippen LogP contribution in [-0.4, -0.2) is 59.4 Å². The van der Waals surface area contributed by atoms with E-state index in [2.05, 4.69) is 10.4 Å². The number of alkyl halides is 3. The molecule has 3 rings (SSSR count). The average molecular weight is 641 g/mol. The zero-order chi connectivity index (χ0) is 33.0. The smallest absolute Gasteiger partial charge is 0.435 e. The minimum Gasteiger partial charge on any atom is -0.569 e. The largest absolute Gasteiger partial charge is 0.569 e. The van der Waals surface area contributed by atoms with Crippen LogP contribution in [0.4, 0.5) is 13.2 Å². The molecule has 17 heteroatoms. The number of sulfonamides is 1. The molecule has 13 nitrogen and oxygen atoms in total. The van der Waals surface area contributed by atoms with Gasteiger partial charge in [-0.3, -0.25) is 14.4 Å². The van der Waals surface area contributed by atoms with Crippen LogP contribution in [0.1, 0.15) is 39.0 Å². The van der Waals surface area contributed by atoms with Gasteiger partial charge in [-0.25, -0.2) is 17.8 Å². The highest BCUT2D eigenvalue weighted by Crippen LogP contribution is 2.33. The summed E-state index contributed by atoms with van der Waals surface area (Å²) >= 11 is 0. The summed E-state index contributed by atoms with van der Waals surface area (Å²) in [6, 6.07) is 10.9. The molecule has 2 atom stereocenters. The minimum atomic E-state index is -4.72. The van der Waals surface area contributed by atoms with Gasteiger partial charge in [0, 0.05) is 12.5 Å². The third-order valence-corrected chi connectivity index (χ3v) is 7.57. The van der Waals surface area contributed by atoms with Crippen molar-refractivity contribution in [2.75, 3.05) is 7.05 Å². The van der Waals surface area contributed by atoms with Crippen LogP contribution in [0.5, 0.6) is 0 Å². The Morgan fingerprint density at radius 2 is 1.66 bits per heavy atom. The van der Waals surface area contributed by atoms with E-state index in [1.54, 1.807) is 38.1 Å². The Morgan fingerprint density at radius 3 is 2.20 bits per heavy atom. The van der Waals surface area contributed by atoms with Gasteiger partial charge in [0.1, 0.15) is 0 Å².